The fourth-order valence-electron chi connectivity index (χ4n) is 1.27. The second kappa shape index (κ2) is 6.38. The highest BCUT2D eigenvalue weighted by Crippen LogP contribution is 2.05. The molecule has 1 aromatic heterocycles. The molecule has 0 amide bonds. The predicted octanol–water partition coefficient (Wildman–Crippen LogP) is 2.02. The Labute approximate surface area is 85.3 Å². The number of ether oxygens (including phenoxy) is 1. The molecule has 0 fully saturated rings. The minimum Gasteiger partial charge on any atom is -0.384 e. The van der Waals surface area contributed by atoms with E-state index in [1.807, 2.05) is 12.1 Å². The van der Waals surface area contributed by atoms with Gasteiger partial charge in [0.25, 0.3) is 0 Å². The standard InChI is InChI=1S/C11H18N2O/c1-2-7-14-8-3-4-10-5-6-13-11(12)9-10/h5-6,9H,2-4,7-8H2,1H3,(H2,12,13). The van der Waals surface area contributed by atoms with Crippen LogP contribution in [-0.2, 0) is 11.2 Å². The second-order valence-corrected chi connectivity index (χ2v) is 3.30. The van der Waals surface area contributed by atoms with E-state index >= 15 is 0 Å². The molecule has 0 saturated heterocycles. The van der Waals surface area contributed by atoms with Crippen LogP contribution in [0.4, 0.5) is 5.82 Å². The highest BCUT2D eigenvalue weighted by molar-refractivity contribution is 5.31. The van der Waals surface area contributed by atoms with Gasteiger partial charge in [0.05, 0.1) is 0 Å². The van der Waals surface area contributed by atoms with E-state index in [2.05, 4.69) is 11.9 Å². The van der Waals surface area contributed by atoms with E-state index in [9.17, 15) is 0 Å². The minimum atomic E-state index is 0.594. The lowest BCUT2D eigenvalue weighted by Crippen LogP contribution is -1.98. The largest absolute Gasteiger partial charge is 0.384 e. The first kappa shape index (κ1) is 11.0. The molecule has 0 spiro atoms. The number of nitrogens with zero attached hydrogens (tertiary/aromatic N) is 1. The van der Waals surface area contributed by atoms with Crippen molar-refractivity contribution in [2.45, 2.75) is 26.2 Å². The number of hydrogen-bond donors (Lipinski definition) is 1. The Morgan fingerprint density at radius 2 is 2.29 bits per heavy atom. The van der Waals surface area contributed by atoms with Crippen LogP contribution in [0.5, 0.6) is 0 Å². The van der Waals surface area contributed by atoms with Crippen LogP contribution in [0.25, 0.3) is 0 Å². The Morgan fingerprint density at radius 1 is 1.43 bits per heavy atom. The summed E-state index contributed by atoms with van der Waals surface area (Å²) in [4.78, 5) is 3.94. The minimum absolute atomic E-state index is 0.594. The zero-order valence-corrected chi connectivity index (χ0v) is 8.70. The monoisotopic (exact) mass is 194 g/mol. The Hall–Kier alpha value is -1.09. The van der Waals surface area contributed by atoms with E-state index in [0.29, 0.717) is 5.82 Å². The molecule has 2 N–H and O–H groups in total. The first-order valence-electron chi connectivity index (χ1n) is 5.11. The van der Waals surface area contributed by atoms with Crippen LogP contribution < -0.4 is 5.73 Å². The lowest BCUT2D eigenvalue weighted by molar-refractivity contribution is 0.132. The van der Waals surface area contributed by atoms with Crippen LogP contribution in [0.15, 0.2) is 18.3 Å². The lowest BCUT2D eigenvalue weighted by atomic mass is 10.1. The number of hydrogen-bond acceptors (Lipinski definition) is 3. The van der Waals surface area contributed by atoms with Gasteiger partial charge in [-0.05, 0) is 37.0 Å². The molecule has 0 aliphatic carbocycles. The van der Waals surface area contributed by atoms with Gasteiger partial charge in [-0.15, -0.1) is 0 Å². The highest BCUT2D eigenvalue weighted by Gasteiger charge is 1.94. The third-order valence-corrected chi connectivity index (χ3v) is 1.95. The average molecular weight is 194 g/mol. The van der Waals surface area contributed by atoms with Gasteiger partial charge in [0.1, 0.15) is 5.82 Å². The van der Waals surface area contributed by atoms with Crippen molar-refractivity contribution in [3.63, 3.8) is 0 Å². The topological polar surface area (TPSA) is 48.1 Å². The number of aromatic nitrogens is 1. The van der Waals surface area contributed by atoms with E-state index in [1.54, 1.807) is 6.20 Å². The van der Waals surface area contributed by atoms with Crippen LogP contribution in [0.2, 0.25) is 0 Å². The van der Waals surface area contributed by atoms with Crippen molar-refractivity contribution in [3.05, 3.63) is 23.9 Å². The maximum Gasteiger partial charge on any atom is 0.123 e. The van der Waals surface area contributed by atoms with Crippen LogP contribution in [0, 0.1) is 0 Å². The molecule has 0 bridgehead atoms. The lowest BCUT2D eigenvalue weighted by Gasteiger charge is -2.03. The summed E-state index contributed by atoms with van der Waals surface area (Å²) < 4.78 is 5.39. The molecule has 3 heteroatoms. The van der Waals surface area contributed by atoms with Gasteiger partial charge >= 0.3 is 0 Å². The van der Waals surface area contributed by atoms with Gasteiger partial charge in [-0.3, -0.25) is 0 Å². The summed E-state index contributed by atoms with van der Waals surface area (Å²) in [5, 5.41) is 0. The van der Waals surface area contributed by atoms with Crippen molar-refractivity contribution in [1.29, 1.82) is 0 Å². The number of aryl methyl sites for hydroxylation is 1. The van der Waals surface area contributed by atoms with Gasteiger partial charge < -0.3 is 10.5 Å². The van der Waals surface area contributed by atoms with E-state index in [4.69, 9.17) is 10.5 Å². The summed E-state index contributed by atoms with van der Waals surface area (Å²) in [5.74, 6) is 0.594. The van der Waals surface area contributed by atoms with E-state index in [0.717, 1.165) is 32.5 Å². The molecule has 14 heavy (non-hydrogen) atoms. The van der Waals surface area contributed by atoms with Crippen molar-refractivity contribution < 1.29 is 4.74 Å². The Morgan fingerprint density at radius 3 is 3.00 bits per heavy atom. The zero-order valence-electron chi connectivity index (χ0n) is 8.70. The smallest absolute Gasteiger partial charge is 0.123 e. The first-order valence-corrected chi connectivity index (χ1v) is 5.11. The fraction of sp³-hybridized carbons (Fsp3) is 0.545. The van der Waals surface area contributed by atoms with Gasteiger partial charge in [0.15, 0.2) is 0 Å². The zero-order chi connectivity index (χ0) is 10.2. The van der Waals surface area contributed by atoms with E-state index < -0.39 is 0 Å². The maximum atomic E-state index is 5.57. The maximum absolute atomic E-state index is 5.57. The Kier molecular flexibility index (Phi) is 5.00. The Bertz CT molecular complexity index is 263. The van der Waals surface area contributed by atoms with Gasteiger partial charge in [0, 0.05) is 19.4 Å². The van der Waals surface area contributed by atoms with Crippen molar-refractivity contribution >= 4 is 5.82 Å². The normalized spacial score (nSPS) is 10.4. The molecule has 0 aliphatic rings. The molecule has 1 heterocycles. The molecule has 0 radical (unpaired) electrons. The molecule has 0 unspecified atom stereocenters. The highest BCUT2D eigenvalue weighted by atomic mass is 16.5. The number of pyridine rings is 1. The summed E-state index contributed by atoms with van der Waals surface area (Å²) in [6, 6.07) is 3.91. The van der Waals surface area contributed by atoms with Gasteiger partial charge in [-0.25, -0.2) is 4.98 Å². The summed E-state index contributed by atoms with van der Waals surface area (Å²) in [7, 11) is 0. The van der Waals surface area contributed by atoms with Crippen molar-refractivity contribution in [1.82, 2.24) is 4.98 Å². The molecule has 0 aliphatic heterocycles. The predicted molar refractivity (Wildman–Crippen MR) is 58.1 cm³/mol. The van der Waals surface area contributed by atoms with Crippen molar-refractivity contribution in [2.75, 3.05) is 18.9 Å². The summed E-state index contributed by atoms with van der Waals surface area (Å²) in [6.07, 6.45) is 4.89. The quantitative estimate of drug-likeness (QED) is 0.705. The van der Waals surface area contributed by atoms with Crippen LogP contribution in [0.3, 0.4) is 0 Å². The molecule has 3 nitrogen and oxygen atoms in total. The first-order chi connectivity index (χ1) is 6.83. The molecular formula is C11H18N2O. The number of rotatable bonds is 6. The van der Waals surface area contributed by atoms with Crippen LogP contribution in [0.1, 0.15) is 25.3 Å². The third-order valence-electron chi connectivity index (χ3n) is 1.95. The second-order valence-electron chi connectivity index (χ2n) is 3.30. The number of nitrogens with two attached hydrogens (primary N) is 1. The van der Waals surface area contributed by atoms with Gasteiger partial charge in [0.2, 0.25) is 0 Å². The molecule has 1 aromatic rings. The van der Waals surface area contributed by atoms with Crippen molar-refractivity contribution in [3.8, 4) is 0 Å². The van der Waals surface area contributed by atoms with Gasteiger partial charge in [-0.1, -0.05) is 6.92 Å². The van der Waals surface area contributed by atoms with Crippen LogP contribution in [-0.4, -0.2) is 18.2 Å². The fourth-order valence-corrected chi connectivity index (χ4v) is 1.27. The molecule has 0 aromatic carbocycles. The summed E-state index contributed by atoms with van der Waals surface area (Å²) in [5.41, 5.74) is 6.80. The molecule has 1 rings (SSSR count). The summed E-state index contributed by atoms with van der Waals surface area (Å²) in [6.45, 7) is 3.80. The number of nitrogen functional groups attached to an aromatic ring is 1. The Balaban J connectivity index is 2.18. The number of anilines is 1. The van der Waals surface area contributed by atoms with Gasteiger partial charge in [-0.2, -0.15) is 0 Å². The summed E-state index contributed by atoms with van der Waals surface area (Å²) >= 11 is 0. The van der Waals surface area contributed by atoms with E-state index in [-0.39, 0.29) is 0 Å². The SMILES string of the molecule is CCCOCCCc1ccnc(N)c1. The molecule has 0 saturated carbocycles. The molecule has 78 valence electrons. The van der Waals surface area contributed by atoms with Crippen LogP contribution >= 0.6 is 0 Å². The average Bonchev–Trinajstić information content (AvgIpc) is 2.18. The molecule has 0 atom stereocenters. The van der Waals surface area contributed by atoms with E-state index in [1.165, 1.54) is 5.56 Å². The van der Waals surface area contributed by atoms with Crippen molar-refractivity contribution in [2.24, 2.45) is 0 Å². The third kappa shape index (κ3) is 4.23. The molecular weight excluding hydrogens is 176 g/mol.